The number of imide groups is 2. The topological polar surface area (TPSA) is 75.7 Å². The number of nitrogens with zero attached hydrogens (tertiary/aromatic N) is 1. The number of hydrogen-bond acceptors (Lipinski definition) is 4. The zero-order chi connectivity index (χ0) is 26.1. The van der Waals surface area contributed by atoms with Gasteiger partial charge in [-0.1, -0.05) is 51.3 Å². The number of benzene rings is 3. The van der Waals surface area contributed by atoms with E-state index in [9.17, 15) is 14.4 Å². The molecule has 0 radical (unpaired) electrons. The minimum atomic E-state index is -0.810. The predicted octanol–water partition coefficient (Wildman–Crippen LogP) is 7.38. The van der Waals surface area contributed by atoms with Crippen molar-refractivity contribution in [3.05, 3.63) is 95.3 Å². The highest BCUT2D eigenvalue weighted by atomic mass is 79.9. The van der Waals surface area contributed by atoms with Crippen molar-refractivity contribution in [2.24, 2.45) is 0 Å². The fourth-order valence-corrected chi connectivity index (χ4v) is 5.38. The molecule has 1 aliphatic rings. The van der Waals surface area contributed by atoms with Gasteiger partial charge in [0.2, 0.25) is 0 Å². The maximum atomic E-state index is 13.4. The molecule has 10 heteroatoms. The van der Waals surface area contributed by atoms with E-state index in [4.69, 9.17) is 27.9 Å². The average Bonchev–Trinajstić information content (AvgIpc) is 2.79. The van der Waals surface area contributed by atoms with Gasteiger partial charge in [-0.2, -0.15) is 0 Å². The lowest BCUT2D eigenvalue weighted by molar-refractivity contribution is -0.122. The summed E-state index contributed by atoms with van der Waals surface area (Å²) in [6.45, 7) is 3.92. The largest absolute Gasteiger partial charge is 0.487 e. The number of amides is 4. The number of rotatable bonds is 5. The molecule has 1 fully saturated rings. The van der Waals surface area contributed by atoms with Gasteiger partial charge >= 0.3 is 6.03 Å². The van der Waals surface area contributed by atoms with Crippen molar-refractivity contribution in [1.82, 2.24) is 5.32 Å². The fraction of sp³-hybridized carbons (Fsp3) is 0.115. The first-order valence-corrected chi connectivity index (χ1v) is 12.9. The van der Waals surface area contributed by atoms with Gasteiger partial charge in [0, 0.05) is 25.6 Å². The van der Waals surface area contributed by atoms with Crippen LogP contribution >= 0.6 is 55.1 Å². The van der Waals surface area contributed by atoms with Crippen molar-refractivity contribution in [3.63, 3.8) is 0 Å². The number of anilines is 1. The Labute approximate surface area is 234 Å². The highest BCUT2D eigenvalue weighted by molar-refractivity contribution is 9.11. The van der Waals surface area contributed by atoms with Gasteiger partial charge in [-0.05, 0) is 83.4 Å². The second kappa shape index (κ2) is 10.8. The van der Waals surface area contributed by atoms with Gasteiger partial charge in [-0.3, -0.25) is 14.9 Å². The van der Waals surface area contributed by atoms with Crippen LogP contribution in [0.25, 0.3) is 6.08 Å². The maximum Gasteiger partial charge on any atom is 0.335 e. The molecule has 0 aromatic heterocycles. The lowest BCUT2D eigenvalue weighted by atomic mass is 10.0. The highest BCUT2D eigenvalue weighted by Gasteiger charge is 2.37. The molecule has 0 spiro atoms. The quantitative estimate of drug-likeness (QED) is 0.231. The Morgan fingerprint density at radius 2 is 1.72 bits per heavy atom. The van der Waals surface area contributed by atoms with E-state index in [0.717, 1.165) is 16.0 Å². The van der Waals surface area contributed by atoms with Gasteiger partial charge in [-0.15, -0.1) is 0 Å². The number of barbiturate groups is 1. The van der Waals surface area contributed by atoms with Crippen LogP contribution in [0.15, 0.2) is 63.0 Å². The highest BCUT2D eigenvalue weighted by Crippen LogP contribution is 2.36. The lowest BCUT2D eigenvalue weighted by Gasteiger charge is -2.27. The van der Waals surface area contributed by atoms with Crippen LogP contribution in [0.2, 0.25) is 10.0 Å². The molecule has 1 heterocycles. The summed E-state index contributed by atoms with van der Waals surface area (Å²) >= 11 is 19.2. The summed E-state index contributed by atoms with van der Waals surface area (Å²) in [5.74, 6) is -1.16. The number of hydrogen-bond donors (Lipinski definition) is 1. The van der Waals surface area contributed by atoms with E-state index < -0.39 is 17.8 Å². The van der Waals surface area contributed by atoms with Crippen LogP contribution in [0.5, 0.6) is 5.75 Å². The van der Waals surface area contributed by atoms with Crippen molar-refractivity contribution in [2.45, 2.75) is 20.5 Å². The Bertz CT molecular complexity index is 1460. The Balaban J connectivity index is 1.72. The first-order chi connectivity index (χ1) is 17.0. The monoisotopic (exact) mass is 650 g/mol. The maximum absolute atomic E-state index is 13.4. The minimum absolute atomic E-state index is 0.111. The van der Waals surface area contributed by atoms with Gasteiger partial charge in [0.05, 0.1) is 10.2 Å². The molecule has 1 aliphatic heterocycles. The molecule has 0 atom stereocenters. The lowest BCUT2D eigenvalue weighted by Crippen LogP contribution is -2.54. The van der Waals surface area contributed by atoms with E-state index in [-0.39, 0.29) is 12.2 Å². The Morgan fingerprint density at radius 3 is 2.42 bits per heavy atom. The van der Waals surface area contributed by atoms with Gasteiger partial charge in [0.1, 0.15) is 17.9 Å². The van der Waals surface area contributed by atoms with Gasteiger partial charge < -0.3 is 4.74 Å². The molecule has 0 aliphatic carbocycles. The number of carbonyl (C=O) groups excluding carboxylic acids is 3. The summed E-state index contributed by atoms with van der Waals surface area (Å²) in [6, 6.07) is 12.9. The number of carbonyl (C=O) groups is 3. The number of ether oxygens (including phenoxy) is 1. The molecule has 3 aromatic rings. The van der Waals surface area contributed by atoms with Crippen LogP contribution in [-0.2, 0) is 16.2 Å². The Kier molecular flexibility index (Phi) is 7.90. The second-order valence-corrected chi connectivity index (χ2v) is 10.7. The number of urea groups is 1. The Hall–Kier alpha value is -2.65. The van der Waals surface area contributed by atoms with Crippen LogP contribution in [0.1, 0.15) is 22.3 Å². The summed E-state index contributed by atoms with van der Waals surface area (Å²) in [4.78, 5) is 39.6. The number of halogens is 4. The first kappa shape index (κ1) is 26.4. The molecule has 184 valence electrons. The molecule has 4 rings (SSSR count). The molecule has 0 unspecified atom stereocenters. The summed E-state index contributed by atoms with van der Waals surface area (Å²) in [7, 11) is 0. The normalized spacial score (nSPS) is 14.9. The van der Waals surface area contributed by atoms with Crippen molar-refractivity contribution in [2.75, 3.05) is 4.90 Å². The van der Waals surface area contributed by atoms with Crippen LogP contribution < -0.4 is 15.0 Å². The standard InChI is InChI=1S/C26H18Br2Cl2N2O4/c1-13-3-6-19(7-14(13)2)32-25(34)20(24(33)31-26(32)35)9-16-8-17(27)10-21(28)23(16)36-12-15-4-5-18(29)11-22(15)30/h3-11H,12H2,1-2H3,(H,31,33,35)/b20-9+. The van der Waals surface area contributed by atoms with Crippen LogP contribution in [-0.4, -0.2) is 17.8 Å². The van der Waals surface area contributed by atoms with Crippen molar-refractivity contribution < 1.29 is 19.1 Å². The molecular formula is C26H18Br2Cl2N2O4. The van der Waals surface area contributed by atoms with Gasteiger partial charge in [0.25, 0.3) is 11.8 Å². The summed E-state index contributed by atoms with van der Waals surface area (Å²) in [5.41, 5.74) is 3.21. The van der Waals surface area contributed by atoms with Crippen molar-refractivity contribution in [1.29, 1.82) is 0 Å². The van der Waals surface area contributed by atoms with E-state index in [1.54, 1.807) is 42.5 Å². The molecule has 3 aromatic carbocycles. The molecule has 0 bridgehead atoms. The Morgan fingerprint density at radius 1 is 0.972 bits per heavy atom. The van der Waals surface area contributed by atoms with E-state index in [0.29, 0.717) is 41.6 Å². The van der Waals surface area contributed by atoms with Gasteiger partial charge in [-0.25, -0.2) is 9.69 Å². The zero-order valence-corrected chi connectivity index (χ0v) is 23.7. The molecule has 1 saturated heterocycles. The number of nitrogens with one attached hydrogen (secondary N) is 1. The van der Waals surface area contributed by atoms with Crippen LogP contribution in [0, 0.1) is 13.8 Å². The first-order valence-electron chi connectivity index (χ1n) is 10.6. The summed E-state index contributed by atoms with van der Waals surface area (Å²) in [6.07, 6.45) is 1.40. The predicted molar refractivity (Wildman–Crippen MR) is 148 cm³/mol. The zero-order valence-electron chi connectivity index (χ0n) is 19.0. The molecule has 4 amide bonds. The van der Waals surface area contributed by atoms with E-state index >= 15 is 0 Å². The molecule has 0 saturated carbocycles. The fourth-order valence-electron chi connectivity index (χ4n) is 3.54. The molecule has 36 heavy (non-hydrogen) atoms. The third-order valence-electron chi connectivity index (χ3n) is 5.57. The molecule has 1 N–H and O–H groups in total. The van der Waals surface area contributed by atoms with Crippen LogP contribution in [0.3, 0.4) is 0 Å². The SMILES string of the molecule is Cc1ccc(N2C(=O)NC(=O)/C(=C\c3cc(Br)cc(Br)c3OCc3ccc(Cl)cc3Cl)C2=O)cc1C. The molecule has 6 nitrogen and oxygen atoms in total. The third-order valence-corrected chi connectivity index (χ3v) is 7.21. The van der Waals surface area contributed by atoms with E-state index in [1.165, 1.54) is 6.08 Å². The molecular weight excluding hydrogens is 635 g/mol. The smallest absolute Gasteiger partial charge is 0.335 e. The minimum Gasteiger partial charge on any atom is -0.487 e. The van der Waals surface area contributed by atoms with E-state index in [2.05, 4.69) is 37.2 Å². The van der Waals surface area contributed by atoms with Gasteiger partial charge in [0.15, 0.2) is 0 Å². The van der Waals surface area contributed by atoms with Crippen molar-refractivity contribution in [3.8, 4) is 5.75 Å². The second-order valence-electron chi connectivity index (χ2n) is 8.06. The summed E-state index contributed by atoms with van der Waals surface area (Å²) < 4.78 is 7.31. The van der Waals surface area contributed by atoms with Crippen molar-refractivity contribution >= 4 is 84.7 Å². The summed E-state index contributed by atoms with van der Waals surface area (Å²) in [5, 5.41) is 3.19. The average molecular weight is 653 g/mol. The van der Waals surface area contributed by atoms with Crippen LogP contribution in [0.4, 0.5) is 10.5 Å². The third kappa shape index (κ3) is 5.52. The number of aryl methyl sites for hydroxylation is 2. The van der Waals surface area contributed by atoms with E-state index in [1.807, 2.05) is 19.9 Å².